The van der Waals surface area contributed by atoms with E-state index < -0.39 is 28.6 Å². The van der Waals surface area contributed by atoms with Crippen molar-refractivity contribution < 1.29 is 24.2 Å². The van der Waals surface area contributed by atoms with Crippen molar-refractivity contribution in [1.29, 1.82) is 0 Å². The number of hydrogen-bond acceptors (Lipinski definition) is 4. The predicted octanol–water partition coefficient (Wildman–Crippen LogP) is 5.09. The zero-order valence-electron chi connectivity index (χ0n) is 21.4. The highest BCUT2D eigenvalue weighted by molar-refractivity contribution is 5.81. The Kier molecular flexibility index (Phi) is 7.29. The Bertz CT molecular complexity index is 1070. The molecule has 2 aromatic carbocycles. The lowest BCUT2D eigenvalue weighted by Gasteiger charge is -2.39. The molecule has 0 spiro atoms. The van der Waals surface area contributed by atoms with Gasteiger partial charge in [0.15, 0.2) is 0 Å². The maximum Gasteiger partial charge on any atom is 0.407 e. The number of carbonyl (C=O) groups is 3. The number of carboxylic acid groups (broad SMARTS) is 1. The highest BCUT2D eigenvalue weighted by Gasteiger charge is 2.44. The molecule has 35 heavy (non-hydrogen) atoms. The molecule has 3 rings (SSSR count). The normalized spacial score (nSPS) is 13.5. The molecule has 0 aromatic heterocycles. The van der Waals surface area contributed by atoms with Crippen LogP contribution in [0, 0.1) is 5.41 Å². The number of benzene rings is 2. The van der Waals surface area contributed by atoms with E-state index in [0.29, 0.717) is 6.42 Å². The molecule has 0 unspecified atom stereocenters. The van der Waals surface area contributed by atoms with Gasteiger partial charge in [0.2, 0.25) is 5.91 Å². The lowest BCUT2D eigenvalue weighted by Crippen LogP contribution is -2.57. The molecule has 0 heterocycles. The molecule has 188 valence electrons. The minimum absolute atomic E-state index is 0.0261. The largest absolute Gasteiger partial charge is 0.481 e. The number of carboxylic acids is 1. The number of rotatable bonds is 9. The number of hydrogen-bond donors (Lipinski definition) is 3. The quantitative estimate of drug-likeness (QED) is 0.464. The van der Waals surface area contributed by atoms with Crippen molar-refractivity contribution in [3.05, 3.63) is 59.7 Å². The first-order valence-corrected chi connectivity index (χ1v) is 11.9. The standard InChI is InChI=1S/C28H36N2O5/c1-26(2,16-15-23(31)29-28(5,6)27(3,4)24(32)33)30-25(34)35-17-22-20-13-9-7-11-18(20)19-12-8-10-14-21(19)22/h7-14,22H,15-17H2,1-6H3,(H,29,31)(H,30,34)(H,32,33). The topological polar surface area (TPSA) is 105 Å². The summed E-state index contributed by atoms with van der Waals surface area (Å²) >= 11 is 0. The first-order valence-electron chi connectivity index (χ1n) is 11.9. The third kappa shape index (κ3) is 5.66. The van der Waals surface area contributed by atoms with E-state index in [1.54, 1.807) is 27.7 Å². The average molecular weight is 481 g/mol. The molecule has 1 aliphatic rings. The third-order valence-corrected chi connectivity index (χ3v) is 7.31. The highest BCUT2D eigenvalue weighted by Crippen LogP contribution is 2.44. The smallest absolute Gasteiger partial charge is 0.407 e. The molecule has 2 aromatic rings. The van der Waals surface area contributed by atoms with Crippen LogP contribution in [0.5, 0.6) is 0 Å². The highest BCUT2D eigenvalue weighted by atomic mass is 16.5. The van der Waals surface area contributed by atoms with Gasteiger partial charge in [0.05, 0.1) is 5.41 Å². The van der Waals surface area contributed by atoms with Crippen molar-refractivity contribution in [1.82, 2.24) is 10.6 Å². The van der Waals surface area contributed by atoms with Crippen LogP contribution in [-0.4, -0.2) is 40.8 Å². The Hall–Kier alpha value is -3.35. The molecule has 0 saturated carbocycles. The van der Waals surface area contributed by atoms with Crippen molar-refractivity contribution in [3.63, 3.8) is 0 Å². The fourth-order valence-electron chi connectivity index (χ4n) is 4.23. The van der Waals surface area contributed by atoms with Crippen molar-refractivity contribution in [2.45, 2.75) is 71.4 Å². The molecule has 0 aliphatic heterocycles. The van der Waals surface area contributed by atoms with E-state index in [9.17, 15) is 19.5 Å². The summed E-state index contributed by atoms with van der Waals surface area (Å²) in [6.07, 6.45) is -0.0350. The first kappa shape index (κ1) is 26.3. The van der Waals surface area contributed by atoms with Gasteiger partial charge in [0.1, 0.15) is 6.61 Å². The van der Waals surface area contributed by atoms with E-state index in [-0.39, 0.29) is 24.9 Å². The van der Waals surface area contributed by atoms with Crippen LogP contribution in [0.4, 0.5) is 4.79 Å². The van der Waals surface area contributed by atoms with Gasteiger partial charge >= 0.3 is 12.1 Å². The summed E-state index contributed by atoms with van der Waals surface area (Å²) in [5.74, 6) is -1.28. The zero-order chi connectivity index (χ0) is 26.0. The molecule has 1 aliphatic carbocycles. The van der Waals surface area contributed by atoms with Gasteiger partial charge in [-0.2, -0.15) is 0 Å². The van der Waals surface area contributed by atoms with Crippen molar-refractivity contribution in [2.24, 2.45) is 5.41 Å². The Morgan fingerprint density at radius 2 is 1.37 bits per heavy atom. The Morgan fingerprint density at radius 3 is 1.89 bits per heavy atom. The van der Waals surface area contributed by atoms with Gasteiger partial charge in [-0.05, 0) is 70.2 Å². The molecule has 2 amide bonds. The van der Waals surface area contributed by atoms with Crippen molar-refractivity contribution >= 4 is 18.0 Å². The van der Waals surface area contributed by atoms with Crippen molar-refractivity contribution in [2.75, 3.05) is 6.61 Å². The summed E-state index contributed by atoms with van der Waals surface area (Å²) in [5, 5.41) is 15.2. The lowest BCUT2D eigenvalue weighted by atomic mass is 9.74. The van der Waals surface area contributed by atoms with Gasteiger partial charge < -0.3 is 20.5 Å². The maximum absolute atomic E-state index is 12.6. The summed E-state index contributed by atoms with van der Waals surface area (Å²) < 4.78 is 5.62. The molecule has 0 radical (unpaired) electrons. The molecular formula is C28H36N2O5. The number of amides is 2. The Balaban J connectivity index is 1.54. The fraction of sp³-hybridized carbons (Fsp3) is 0.464. The van der Waals surface area contributed by atoms with E-state index in [4.69, 9.17) is 4.74 Å². The minimum atomic E-state index is -1.14. The fourth-order valence-corrected chi connectivity index (χ4v) is 4.23. The second kappa shape index (κ2) is 9.72. The van der Waals surface area contributed by atoms with Crippen LogP contribution in [0.2, 0.25) is 0 Å². The van der Waals surface area contributed by atoms with Gasteiger partial charge in [-0.3, -0.25) is 9.59 Å². The third-order valence-electron chi connectivity index (χ3n) is 7.31. The molecular weight excluding hydrogens is 444 g/mol. The van der Waals surface area contributed by atoms with Gasteiger partial charge in [-0.15, -0.1) is 0 Å². The van der Waals surface area contributed by atoms with Crippen molar-refractivity contribution in [3.8, 4) is 11.1 Å². The van der Waals surface area contributed by atoms with Crippen LogP contribution < -0.4 is 10.6 Å². The Morgan fingerprint density at radius 1 is 0.857 bits per heavy atom. The van der Waals surface area contributed by atoms with Crippen LogP contribution in [-0.2, 0) is 14.3 Å². The van der Waals surface area contributed by atoms with Crippen LogP contribution in [0.1, 0.15) is 71.4 Å². The van der Waals surface area contributed by atoms with E-state index >= 15 is 0 Å². The monoisotopic (exact) mass is 480 g/mol. The summed E-state index contributed by atoms with van der Waals surface area (Å²) in [7, 11) is 0. The number of ether oxygens (including phenoxy) is 1. The number of alkyl carbamates (subject to hydrolysis) is 1. The molecule has 3 N–H and O–H groups in total. The number of aliphatic carboxylic acids is 1. The van der Waals surface area contributed by atoms with Gasteiger partial charge in [-0.25, -0.2) is 4.79 Å². The SMILES string of the molecule is CC(C)(CCC(=O)NC(C)(C)C(C)(C)C(=O)O)NC(=O)OCC1c2ccccc2-c2ccccc21. The molecule has 0 bridgehead atoms. The molecule has 0 saturated heterocycles. The summed E-state index contributed by atoms with van der Waals surface area (Å²) in [5.41, 5.74) is 1.84. The van der Waals surface area contributed by atoms with Crippen LogP contribution in [0.25, 0.3) is 11.1 Å². The van der Waals surface area contributed by atoms with Crippen LogP contribution in [0.15, 0.2) is 48.5 Å². The van der Waals surface area contributed by atoms with E-state index in [2.05, 4.69) is 34.9 Å². The van der Waals surface area contributed by atoms with Gasteiger partial charge in [0.25, 0.3) is 0 Å². The van der Waals surface area contributed by atoms with E-state index in [1.807, 2.05) is 38.1 Å². The second-order valence-corrected chi connectivity index (χ2v) is 10.9. The number of nitrogens with one attached hydrogen (secondary N) is 2. The second-order valence-electron chi connectivity index (χ2n) is 10.9. The molecule has 7 heteroatoms. The number of fused-ring (bicyclic) bond motifs is 3. The van der Waals surface area contributed by atoms with Crippen LogP contribution >= 0.6 is 0 Å². The number of carbonyl (C=O) groups excluding carboxylic acids is 2. The minimum Gasteiger partial charge on any atom is -0.481 e. The Labute approximate surface area is 207 Å². The molecule has 0 fully saturated rings. The predicted molar refractivity (Wildman–Crippen MR) is 135 cm³/mol. The van der Waals surface area contributed by atoms with Crippen LogP contribution in [0.3, 0.4) is 0 Å². The average Bonchev–Trinajstić information content (AvgIpc) is 3.09. The molecule has 7 nitrogen and oxygen atoms in total. The lowest BCUT2D eigenvalue weighted by molar-refractivity contribution is -0.151. The van der Waals surface area contributed by atoms with E-state index in [1.165, 1.54) is 0 Å². The summed E-state index contributed by atoms with van der Waals surface area (Å²) in [6, 6.07) is 16.3. The van der Waals surface area contributed by atoms with Gasteiger partial charge in [-0.1, -0.05) is 48.5 Å². The molecule has 0 atom stereocenters. The maximum atomic E-state index is 12.6. The zero-order valence-corrected chi connectivity index (χ0v) is 21.4. The van der Waals surface area contributed by atoms with E-state index in [0.717, 1.165) is 22.3 Å². The summed E-state index contributed by atoms with van der Waals surface area (Å²) in [6.45, 7) is 10.4. The summed E-state index contributed by atoms with van der Waals surface area (Å²) in [4.78, 5) is 36.7. The first-order chi connectivity index (χ1) is 16.2. The van der Waals surface area contributed by atoms with Gasteiger partial charge in [0, 0.05) is 23.4 Å².